The normalized spacial score (nSPS) is 14.7. The van der Waals surface area contributed by atoms with Gasteiger partial charge in [-0.25, -0.2) is 4.79 Å². The number of aromatic nitrogens is 2. The zero-order valence-corrected chi connectivity index (χ0v) is 12.2. The number of aromatic amines is 1. The lowest BCUT2D eigenvalue weighted by Gasteiger charge is -2.10. The maximum atomic E-state index is 12.6. The Hall–Kier alpha value is -1.40. The molecule has 0 fully saturated rings. The minimum Gasteiger partial charge on any atom is -0.330 e. The van der Waals surface area contributed by atoms with Crippen LogP contribution in [0.2, 0.25) is 0 Å². The van der Waals surface area contributed by atoms with E-state index in [0.29, 0.717) is 13.1 Å². The first kappa shape index (κ1) is 13.6. The van der Waals surface area contributed by atoms with Crippen molar-refractivity contribution in [2.45, 2.75) is 45.1 Å². The SMILES string of the molecule is NCCCCn1c(=O)[nH]c2sc3c(c2c1=O)CCCC3. The summed E-state index contributed by atoms with van der Waals surface area (Å²) in [6, 6.07) is 0. The number of fused-ring (bicyclic) bond motifs is 3. The van der Waals surface area contributed by atoms with Gasteiger partial charge in [0, 0.05) is 11.4 Å². The number of nitrogens with one attached hydrogen (secondary N) is 1. The fraction of sp³-hybridized carbons (Fsp3) is 0.571. The number of thiophene rings is 1. The fourth-order valence-electron chi connectivity index (χ4n) is 2.89. The van der Waals surface area contributed by atoms with E-state index < -0.39 is 0 Å². The standard InChI is InChI=1S/C14H19N3O2S/c15-7-3-4-8-17-13(18)11-9-5-1-2-6-10(9)20-12(11)16-14(17)19/h1-8,15H2,(H,16,19). The molecule has 0 aromatic carbocycles. The second kappa shape index (κ2) is 5.54. The monoisotopic (exact) mass is 293 g/mol. The van der Waals surface area contributed by atoms with Gasteiger partial charge in [0.05, 0.1) is 5.39 Å². The summed E-state index contributed by atoms with van der Waals surface area (Å²) in [5.74, 6) is 0. The van der Waals surface area contributed by atoms with Crippen molar-refractivity contribution in [3.05, 3.63) is 31.3 Å². The number of unbranched alkanes of at least 4 members (excludes halogenated alkanes) is 1. The van der Waals surface area contributed by atoms with Gasteiger partial charge in [0.15, 0.2) is 0 Å². The van der Waals surface area contributed by atoms with Gasteiger partial charge in [0.1, 0.15) is 4.83 Å². The number of rotatable bonds is 4. The van der Waals surface area contributed by atoms with Crippen LogP contribution in [0.4, 0.5) is 0 Å². The minimum absolute atomic E-state index is 0.125. The summed E-state index contributed by atoms with van der Waals surface area (Å²) < 4.78 is 1.33. The molecule has 0 saturated carbocycles. The Bertz CT molecular complexity index is 741. The van der Waals surface area contributed by atoms with Gasteiger partial charge >= 0.3 is 5.69 Å². The first-order valence-corrected chi connectivity index (χ1v) is 8.01. The lowest BCUT2D eigenvalue weighted by Crippen LogP contribution is -2.35. The van der Waals surface area contributed by atoms with Crippen molar-refractivity contribution < 1.29 is 0 Å². The number of hydrogen-bond acceptors (Lipinski definition) is 4. The smallest absolute Gasteiger partial charge is 0.329 e. The van der Waals surface area contributed by atoms with Crippen molar-refractivity contribution in [1.82, 2.24) is 9.55 Å². The van der Waals surface area contributed by atoms with Crippen LogP contribution in [-0.2, 0) is 19.4 Å². The number of nitrogens with two attached hydrogens (primary N) is 1. The molecule has 0 unspecified atom stereocenters. The van der Waals surface area contributed by atoms with E-state index in [1.165, 1.54) is 21.4 Å². The van der Waals surface area contributed by atoms with Crippen molar-refractivity contribution in [2.75, 3.05) is 6.54 Å². The van der Waals surface area contributed by atoms with Crippen LogP contribution in [0, 0.1) is 0 Å². The van der Waals surface area contributed by atoms with Crippen molar-refractivity contribution >= 4 is 21.6 Å². The van der Waals surface area contributed by atoms with E-state index in [2.05, 4.69) is 4.98 Å². The fourth-order valence-corrected chi connectivity index (χ4v) is 4.16. The molecule has 2 aromatic rings. The van der Waals surface area contributed by atoms with E-state index in [0.717, 1.165) is 42.3 Å². The molecule has 0 atom stereocenters. The molecule has 20 heavy (non-hydrogen) atoms. The summed E-state index contributed by atoms with van der Waals surface area (Å²) in [5, 5.41) is 0.747. The van der Waals surface area contributed by atoms with Gasteiger partial charge in [0.2, 0.25) is 0 Å². The molecular weight excluding hydrogens is 274 g/mol. The maximum Gasteiger partial charge on any atom is 0.329 e. The second-order valence-electron chi connectivity index (χ2n) is 5.30. The molecule has 0 amide bonds. The van der Waals surface area contributed by atoms with Gasteiger partial charge in [-0.05, 0) is 50.6 Å². The largest absolute Gasteiger partial charge is 0.330 e. The molecule has 1 aliphatic carbocycles. The molecule has 5 nitrogen and oxygen atoms in total. The van der Waals surface area contributed by atoms with Crippen molar-refractivity contribution in [1.29, 1.82) is 0 Å². The van der Waals surface area contributed by atoms with Gasteiger partial charge < -0.3 is 5.73 Å². The molecule has 3 rings (SSSR count). The molecule has 3 N–H and O–H groups in total. The third kappa shape index (κ3) is 2.23. The molecule has 1 aliphatic rings. The lowest BCUT2D eigenvalue weighted by molar-refractivity contribution is 0.577. The van der Waals surface area contributed by atoms with Gasteiger partial charge in [-0.15, -0.1) is 11.3 Å². The van der Waals surface area contributed by atoms with Crippen LogP contribution in [0.25, 0.3) is 10.2 Å². The molecule has 6 heteroatoms. The Morgan fingerprint density at radius 2 is 2.00 bits per heavy atom. The molecular formula is C14H19N3O2S. The van der Waals surface area contributed by atoms with E-state index in [9.17, 15) is 9.59 Å². The molecule has 0 bridgehead atoms. The van der Waals surface area contributed by atoms with Gasteiger partial charge in [-0.3, -0.25) is 14.3 Å². The van der Waals surface area contributed by atoms with Gasteiger partial charge in [-0.2, -0.15) is 0 Å². The highest BCUT2D eigenvalue weighted by Gasteiger charge is 2.20. The van der Waals surface area contributed by atoms with E-state index in [1.54, 1.807) is 11.3 Å². The average Bonchev–Trinajstić information content (AvgIpc) is 2.80. The minimum atomic E-state index is -0.293. The van der Waals surface area contributed by atoms with E-state index in [1.807, 2.05) is 0 Å². The summed E-state index contributed by atoms with van der Waals surface area (Å²) in [4.78, 5) is 29.5. The predicted molar refractivity (Wildman–Crippen MR) is 81.6 cm³/mol. The predicted octanol–water partition coefficient (Wildman–Crippen LogP) is 1.37. The summed E-state index contributed by atoms with van der Waals surface area (Å²) in [7, 11) is 0. The quantitative estimate of drug-likeness (QED) is 0.835. The molecule has 0 spiro atoms. The summed E-state index contributed by atoms with van der Waals surface area (Å²) in [5.41, 5.74) is 6.22. The average molecular weight is 293 g/mol. The summed E-state index contributed by atoms with van der Waals surface area (Å²) in [6.07, 6.45) is 5.88. The van der Waals surface area contributed by atoms with Crippen LogP contribution in [0.5, 0.6) is 0 Å². The van der Waals surface area contributed by atoms with Crippen LogP contribution in [0.1, 0.15) is 36.1 Å². The Labute approximate surface area is 120 Å². The van der Waals surface area contributed by atoms with Gasteiger partial charge in [-0.1, -0.05) is 0 Å². The van der Waals surface area contributed by atoms with Crippen LogP contribution in [0.3, 0.4) is 0 Å². The number of nitrogens with zero attached hydrogens (tertiary/aromatic N) is 1. The Balaban J connectivity index is 2.13. The first-order chi connectivity index (χ1) is 9.72. The van der Waals surface area contributed by atoms with Gasteiger partial charge in [0.25, 0.3) is 5.56 Å². The van der Waals surface area contributed by atoms with Crippen LogP contribution >= 0.6 is 11.3 Å². The van der Waals surface area contributed by atoms with Crippen molar-refractivity contribution in [3.8, 4) is 0 Å². The Morgan fingerprint density at radius 1 is 1.20 bits per heavy atom. The molecule has 0 saturated heterocycles. The Kier molecular flexibility index (Phi) is 3.76. The van der Waals surface area contributed by atoms with Crippen LogP contribution in [0.15, 0.2) is 9.59 Å². The number of H-pyrrole nitrogens is 1. The topological polar surface area (TPSA) is 80.9 Å². The highest BCUT2D eigenvalue weighted by Crippen LogP contribution is 2.32. The number of aryl methyl sites for hydroxylation is 2. The highest BCUT2D eigenvalue weighted by molar-refractivity contribution is 7.18. The summed E-state index contributed by atoms with van der Waals surface area (Å²) in [6.45, 7) is 1.04. The Morgan fingerprint density at radius 3 is 2.80 bits per heavy atom. The third-order valence-electron chi connectivity index (χ3n) is 3.93. The van der Waals surface area contributed by atoms with Crippen LogP contribution < -0.4 is 17.0 Å². The van der Waals surface area contributed by atoms with E-state index in [-0.39, 0.29) is 11.2 Å². The highest BCUT2D eigenvalue weighted by atomic mass is 32.1. The van der Waals surface area contributed by atoms with Crippen LogP contribution in [-0.4, -0.2) is 16.1 Å². The third-order valence-corrected chi connectivity index (χ3v) is 5.14. The van der Waals surface area contributed by atoms with E-state index >= 15 is 0 Å². The molecule has 2 aromatic heterocycles. The van der Waals surface area contributed by atoms with E-state index in [4.69, 9.17) is 5.73 Å². The van der Waals surface area contributed by atoms with Crippen molar-refractivity contribution in [2.24, 2.45) is 5.73 Å². The first-order valence-electron chi connectivity index (χ1n) is 7.20. The molecule has 0 aliphatic heterocycles. The second-order valence-corrected chi connectivity index (χ2v) is 6.40. The zero-order chi connectivity index (χ0) is 14.1. The lowest BCUT2D eigenvalue weighted by atomic mass is 9.97. The van der Waals surface area contributed by atoms with Crippen molar-refractivity contribution in [3.63, 3.8) is 0 Å². The molecule has 0 radical (unpaired) electrons. The molecule has 108 valence electrons. The summed E-state index contributed by atoms with van der Waals surface area (Å²) >= 11 is 1.58. The zero-order valence-electron chi connectivity index (χ0n) is 11.4. The molecule has 2 heterocycles. The number of hydrogen-bond donors (Lipinski definition) is 2. The maximum absolute atomic E-state index is 12.6.